The van der Waals surface area contributed by atoms with Crippen LogP contribution in [0.5, 0.6) is 0 Å². The highest BCUT2D eigenvalue weighted by Gasteiger charge is 2.17. The second-order valence-corrected chi connectivity index (χ2v) is 2.89. The molecule has 0 unspecified atom stereocenters. The lowest BCUT2D eigenvalue weighted by Gasteiger charge is -2.01. The maximum absolute atomic E-state index is 10.6. The van der Waals surface area contributed by atoms with Crippen molar-refractivity contribution in [1.82, 2.24) is 0 Å². The highest BCUT2D eigenvalue weighted by Crippen LogP contribution is 2.22. The average Bonchev–Trinajstić information content (AvgIpc) is 2.28. The van der Waals surface area contributed by atoms with Crippen molar-refractivity contribution in [2.45, 2.75) is 6.42 Å². The van der Waals surface area contributed by atoms with Crippen LogP contribution >= 0.6 is 0 Å². The summed E-state index contributed by atoms with van der Waals surface area (Å²) in [6.45, 7) is 0. The molecule has 0 aliphatic heterocycles. The number of nitro groups is 1. The summed E-state index contributed by atoms with van der Waals surface area (Å²) in [5.41, 5.74) is -0.195. The van der Waals surface area contributed by atoms with E-state index in [-0.39, 0.29) is 28.8 Å². The van der Waals surface area contributed by atoms with E-state index in [0.717, 1.165) is 12.1 Å². The van der Waals surface area contributed by atoms with Crippen molar-refractivity contribution in [3.63, 3.8) is 0 Å². The second-order valence-electron chi connectivity index (χ2n) is 2.89. The summed E-state index contributed by atoms with van der Waals surface area (Å²) in [6, 6.07) is 5.80. The van der Waals surface area contributed by atoms with Gasteiger partial charge in [0.25, 0.3) is 5.69 Å². The van der Waals surface area contributed by atoms with Crippen molar-refractivity contribution in [2.75, 3.05) is 0 Å². The van der Waals surface area contributed by atoms with E-state index >= 15 is 0 Å². The first-order valence-corrected chi connectivity index (χ1v) is 4.17. The number of benzene rings is 1. The maximum atomic E-state index is 10.6. The first-order chi connectivity index (χ1) is 7.63. The predicted molar refractivity (Wildman–Crippen MR) is 52.5 cm³/mol. The van der Waals surface area contributed by atoms with Gasteiger partial charge in [0.05, 0.1) is 34.6 Å². The van der Waals surface area contributed by atoms with Gasteiger partial charge in [-0.05, 0) is 11.6 Å². The van der Waals surface area contributed by atoms with Gasteiger partial charge < -0.3 is 0 Å². The molecule has 0 aliphatic rings. The molecule has 1 aromatic carbocycles. The third-order valence-electron chi connectivity index (χ3n) is 1.97. The van der Waals surface area contributed by atoms with Crippen LogP contribution in [-0.4, -0.2) is 11.2 Å². The van der Waals surface area contributed by atoms with Crippen molar-refractivity contribution in [3.8, 4) is 12.1 Å². The number of hydrogen-bond acceptors (Lipinski definition) is 5. The molecule has 0 saturated heterocycles. The van der Waals surface area contributed by atoms with Crippen LogP contribution in [0.3, 0.4) is 0 Å². The van der Waals surface area contributed by atoms with Crippen molar-refractivity contribution in [1.29, 1.82) is 10.5 Å². The van der Waals surface area contributed by atoms with Crippen LogP contribution in [0.1, 0.15) is 21.5 Å². The van der Waals surface area contributed by atoms with Gasteiger partial charge in [-0.2, -0.15) is 10.5 Å². The fourth-order valence-corrected chi connectivity index (χ4v) is 1.24. The summed E-state index contributed by atoms with van der Waals surface area (Å²) in [4.78, 5) is 20.5. The SMILES string of the molecule is N#CCc1cc([N+](=O)[O-])c(C=O)cc1C#N. The summed E-state index contributed by atoms with van der Waals surface area (Å²) < 4.78 is 0. The van der Waals surface area contributed by atoms with E-state index in [1.807, 2.05) is 0 Å². The Labute approximate surface area is 90.5 Å². The lowest BCUT2D eigenvalue weighted by molar-refractivity contribution is -0.385. The van der Waals surface area contributed by atoms with Gasteiger partial charge in [0.15, 0.2) is 6.29 Å². The molecule has 0 spiro atoms. The van der Waals surface area contributed by atoms with Crippen molar-refractivity contribution in [3.05, 3.63) is 38.9 Å². The number of carbonyl (C=O) groups is 1. The zero-order chi connectivity index (χ0) is 12.1. The first kappa shape index (κ1) is 11.3. The lowest BCUT2D eigenvalue weighted by Crippen LogP contribution is -1.99. The van der Waals surface area contributed by atoms with E-state index in [2.05, 4.69) is 0 Å². The Morgan fingerprint density at radius 1 is 1.44 bits per heavy atom. The quantitative estimate of drug-likeness (QED) is 0.429. The van der Waals surface area contributed by atoms with Gasteiger partial charge in [0, 0.05) is 6.07 Å². The molecular formula is C10H5N3O3. The molecule has 0 N–H and O–H groups in total. The number of nitriles is 2. The second kappa shape index (κ2) is 4.67. The minimum absolute atomic E-state index is 0.106. The zero-order valence-electron chi connectivity index (χ0n) is 8.01. The van der Waals surface area contributed by atoms with Gasteiger partial charge in [-0.1, -0.05) is 0 Å². The summed E-state index contributed by atoms with van der Waals surface area (Å²) in [5, 5.41) is 27.9. The van der Waals surface area contributed by atoms with Crippen molar-refractivity contribution in [2.24, 2.45) is 0 Å². The highest BCUT2D eigenvalue weighted by molar-refractivity contribution is 5.82. The molecule has 0 radical (unpaired) electrons. The monoisotopic (exact) mass is 215 g/mol. The number of carbonyl (C=O) groups excluding carboxylic acids is 1. The molecule has 0 aromatic heterocycles. The van der Waals surface area contributed by atoms with Crippen LogP contribution in [0.25, 0.3) is 0 Å². The molecule has 0 bridgehead atoms. The molecule has 0 heterocycles. The Bertz CT molecular complexity index is 537. The van der Waals surface area contributed by atoms with Crippen LogP contribution in [0, 0.1) is 32.8 Å². The molecule has 78 valence electrons. The predicted octanol–water partition coefficient (Wildman–Crippen LogP) is 1.35. The molecule has 0 amide bonds. The van der Waals surface area contributed by atoms with Gasteiger partial charge in [-0.3, -0.25) is 14.9 Å². The molecule has 0 saturated carbocycles. The van der Waals surface area contributed by atoms with E-state index in [4.69, 9.17) is 10.5 Å². The van der Waals surface area contributed by atoms with Gasteiger partial charge >= 0.3 is 0 Å². The molecule has 0 fully saturated rings. The van der Waals surface area contributed by atoms with Gasteiger partial charge in [0.2, 0.25) is 0 Å². The normalized spacial score (nSPS) is 8.88. The number of rotatable bonds is 3. The minimum Gasteiger partial charge on any atom is -0.298 e. The van der Waals surface area contributed by atoms with E-state index in [1.54, 1.807) is 12.1 Å². The Balaban J connectivity index is 3.49. The smallest absolute Gasteiger partial charge is 0.280 e. The molecule has 1 aromatic rings. The standard InChI is InChI=1S/C10H5N3O3/c11-2-1-7-4-10(13(15)16)9(6-14)3-8(7)5-12/h3-4,6H,1H2. The third kappa shape index (κ3) is 2.02. The molecule has 1 rings (SSSR count). The number of hydrogen-bond donors (Lipinski definition) is 0. The van der Waals surface area contributed by atoms with Crippen LogP contribution in [-0.2, 0) is 6.42 Å². The topological polar surface area (TPSA) is 108 Å². The third-order valence-corrected chi connectivity index (χ3v) is 1.97. The van der Waals surface area contributed by atoms with Crippen LogP contribution in [0.15, 0.2) is 12.1 Å². The lowest BCUT2D eigenvalue weighted by atomic mass is 10.0. The zero-order valence-corrected chi connectivity index (χ0v) is 8.01. The number of nitrogens with zero attached hydrogens (tertiary/aromatic N) is 3. The van der Waals surface area contributed by atoms with Crippen molar-refractivity contribution < 1.29 is 9.72 Å². The highest BCUT2D eigenvalue weighted by atomic mass is 16.6. The fourth-order valence-electron chi connectivity index (χ4n) is 1.24. The maximum Gasteiger partial charge on any atom is 0.280 e. The van der Waals surface area contributed by atoms with Gasteiger partial charge in [-0.15, -0.1) is 0 Å². The van der Waals surface area contributed by atoms with Crippen LogP contribution < -0.4 is 0 Å². The molecule has 6 nitrogen and oxygen atoms in total. The van der Waals surface area contributed by atoms with Crippen molar-refractivity contribution >= 4 is 12.0 Å². The average molecular weight is 215 g/mol. The minimum atomic E-state index is -0.717. The van der Waals surface area contributed by atoms with Gasteiger partial charge in [-0.25, -0.2) is 0 Å². The van der Waals surface area contributed by atoms with E-state index in [1.165, 1.54) is 0 Å². The summed E-state index contributed by atoms with van der Waals surface area (Å²) >= 11 is 0. The summed E-state index contributed by atoms with van der Waals surface area (Å²) in [6.07, 6.45) is 0.206. The molecule has 0 aliphatic carbocycles. The first-order valence-electron chi connectivity index (χ1n) is 4.17. The summed E-state index contributed by atoms with van der Waals surface area (Å²) in [5.74, 6) is 0. The molecule has 6 heteroatoms. The van der Waals surface area contributed by atoms with E-state index < -0.39 is 4.92 Å². The van der Waals surface area contributed by atoms with E-state index in [0.29, 0.717) is 6.29 Å². The van der Waals surface area contributed by atoms with E-state index in [9.17, 15) is 14.9 Å². The summed E-state index contributed by atoms with van der Waals surface area (Å²) in [7, 11) is 0. The Morgan fingerprint density at radius 3 is 2.56 bits per heavy atom. The Kier molecular flexibility index (Phi) is 3.31. The molecular weight excluding hydrogens is 210 g/mol. The number of aldehydes is 1. The Morgan fingerprint density at radius 2 is 2.12 bits per heavy atom. The van der Waals surface area contributed by atoms with Crippen LogP contribution in [0.4, 0.5) is 5.69 Å². The molecule has 16 heavy (non-hydrogen) atoms. The Hall–Kier alpha value is -2.73. The van der Waals surface area contributed by atoms with Crippen LogP contribution in [0.2, 0.25) is 0 Å². The largest absolute Gasteiger partial charge is 0.298 e. The number of nitro benzene ring substituents is 1. The molecule has 0 atom stereocenters. The van der Waals surface area contributed by atoms with Gasteiger partial charge in [0.1, 0.15) is 0 Å². The fraction of sp³-hybridized carbons (Fsp3) is 0.100.